The van der Waals surface area contributed by atoms with Crippen LogP contribution in [0, 0.1) is 0 Å². The number of para-hydroxylation sites is 2. The van der Waals surface area contributed by atoms with Crippen LogP contribution in [0.5, 0.6) is 5.88 Å². The predicted molar refractivity (Wildman–Crippen MR) is 100 cm³/mol. The molecular weight excluding hydrogens is 350 g/mol. The van der Waals surface area contributed by atoms with Crippen molar-refractivity contribution in [3.63, 3.8) is 0 Å². The van der Waals surface area contributed by atoms with Gasteiger partial charge >= 0.3 is 0 Å². The van der Waals surface area contributed by atoms with E-state index >= 15 is 0 Å². The van der Waals surface area contributed by atoms with E-state index in [9.17, 15) is 4.79 Å². The van der Waals surface area contributed by atoms with E-state index in [1.54, 1.807) is 12.3 Å². The number of ether oxygens (including phenoxy) is 1. The van der Waals surface area contributed by atoms with Gasteiger partial charge in [-0.2, -0.15) is 0 Å². The van der Waals surface area contributed by atoms with Gasteiger partial charge in [0.25, 0.3) is 0 Å². The molecule has 0 bridgehead atoms. The van der Waals surface area contributed by atoms with Crippen LogP contribution in [-0.2, 0) is 11.2 Å². The van der Waals surface area contributed by atoms with Gasteiger partial charge in [0.2, 0.25) is 11.8 Å². The van der Waals surface area contributed by atoms with Crippen molar-refractivity contribution < 1.29 is 9.53 Å². The molecule has 2 heterocycles. The molecule has 6 heteroatoms. The molecule has 0 saturated carbocycles. The van der Waals surface area contributed by atoms with E-state index < -0.39 is 0 Å². The van der Waals surface area contributed by atoms with Gasteiger partial charge in [0.05, 0.1) is 30.2 Å². The Morgan fingerprint density at radius 3 is 2.77 bits per heavy atom. The van der Waals surface area contributed by atoms with Crippen LogP contribution in [-0.4, -0.2) is 40.0 Å². The Morgan fingerprint density at radius 1 is 1.15 bits per heavy atom. The minimum absolute atomic E-state index is 0.0637. The van der Waals surface area contributed by atoms with E-state index in [1.165, 1.54) is 0 Å². The fourth-order valence-corrected chi connectivity index (χ4v) is 3.34. The summed E-state index contributed by atoms with van der Waals surface area (Å²) in [5, 5.41) is 0.624. The number of amides is 1. The van der Waals surface area contributed by atoms with E-state index in [-0.39, 0.29) is 12.0 Å². The monoisotopic (exact) mass is 367 g/mol. The summed E-state index contributed by atoms with van der Waals surface area (Å²) in [7, 11) is 0. The number of hydrogen-bond donors (Lipinski definition) is 0. The van der Waals surface area contributed by atoms with Crippen molar-refractivity contribution in [3.05, 3.63) is 65.3 Å². The molecule has 5 nitrogen and oxygen atoms in total. The summed E-state index contributed by atoms with van der Waals surface area (Å²) < 4.78 is 5.94. The third-order valence-corrected chi connectivity index (χ3v) is 4.88. The molecule has 1 saturated heterocycles. The van der Waals surface area contributed by atoms with E-state index in [0.29, 0.717) is 30.4 Å². The first kappa shape index (κ1) is 16.8. The van der Waals surface area contributed by atoms with Crippen LogP contribution in [0.3, 0.4) is 0 Å². The number of benzene rings is 2. The molecular formula is C20H18ClN3O2. The topological polar surface area (TPSA) is 55.3 Å². The first-order chi connectivity index (χ1) is 12.7. The molecule has 0 spiro atoms. The van der Waals surface area contributed by atoms with Gasteiger partial charge < -0.3 is 9.64 Å². The molecule has 0 N–H and O–H groups in total. The molecule has 0 aliphatic carbocycles. The first-order valence-electron chi connectivity index (χ1n) is 8.58. The molecule has 2 aromatic carbocycles. The predicted octanol–water partition coefficient (Wildman–Crippen LogP) is 3.51. The van der Waals surface area contributed by atoms with E-state index in [4.69, 9.17) is 16.3 Å². The van der Waals surface area contributed by atoms with Gasteiger partial charge in [0.15, 0.2) is 0 Å². The quantitative estimate of drug-likeness (QED) is 0.708. The van der Waals surface area contributed by atoms with Crippen LogP contribution in [0.15, 0.2) is 54.7 Å². The fraction of sp³-hybridized carbons (Fsp3) is 0.250. The molecule has 0 radical (unpaired) electrons. The largest absolute Gasteiger partial charge is 0.471 e. The number of carbonyl (C=O) groups is 1. The zero-order valence-electron chi connectivity index (χ0n) is 14.1. The van der Waals surface area contributed by atoms with Gasteiger partial charge in [-0.15, -0.1) is 0 Å². The number of carbonyl (C=O) groups excluding carboxylic acids is 1. The maximum Gasteiger partial charge on any atom is 0.233 e. The maximum atomic E-state index is 12.5. The zero-order valence-corrected chi connectivity index (χ0v) is 14.9. The Kier molecular flexibility index (Phi) is 4.71. The first-order valence-corrected chi connectivity index (χ1v) is 8.96. The van der Waals surface area contributed by atoms with Crippen LogP contribution >= 0.6 is 11.6 Å². The second kappa shape index (κ2) is 7.30. The number of rotatable bonds is 4. The molecule has 1 aliphatic heterocycles. The summed E-state index contributed by atoms with van der Waals surface area (Å²) in [5.74, 6) is 0.558. The molecule has 26 heavy (non-hydrogen) atoms. The van der Waals surface area contributed by atoms with Crippen molar-refractivity contribution in [2.75, 3.05) is 13.1 Å². The third-order valence-electron chi connectivity index (χ3n) is 4.51. The number of hydrogen-bond acceptors (Lipinski definition) is 4. The Balaban J connectivity index is 1.38. The maximum absolute atomic E-state index is 12.5. The number of halogens is 1. The second-order valence-electron chi connectivity index (χ2n) is 6.33. The Morgan fingerprint density at radius 2 is 1.92 bits per heavy atom. The summed E-state index contributed by atoms with van der Waals surface area (Å²) in [6.45, 7) is 1.23. The van der Waals surface area contributed by atoms with Gasteiger partial charge in [-0.25, -0.2) is 9.97 Å². The number of nitrogens with zero attached hydrogens (tertiary/aromatic N) is 3. The standard InChI is InChI=1S/C20H18ClN3O2/c21-16-6-2-1-5-14(16)11-20(25)24-10-9-15(13-24)26-19-12-22-17-7-3-4-8-18(17)23-19/h1-8,12,15H,9-11,13H2. The lowest BCUT2D eigenvalue weighted by molar-refractivity contribution is -0.129. The van der Waals surface area contributed by atoms with Crippen molar-refractivity contribution in [2.45, 2.75) is 18.9 Å². The Labute approximate surface area is 156 Å². The van der Waals surface area contributed by atoms with E-state index in [0.717, 1.165) is 23.0 Å². The fourth-order valence-electron chi connectivity index (χ4n) is 3.14. The van der Waals surface area contributed by atoms with Crippen LogP contribution in [0.4, 0.5) is 0 Å². The van der Waals surface area contributed by atoms with Crippen molar-refractivity contribution in [1.82, 2.24) is 14.9 Å². The molecule has 4 rings (SSSR count). The van der Waals surface area contributed by atoms with E-state index in [1.807, 2.05) is 47.4 Å². The average molecular weight is 368 g/mol. The molecule has 3 aromatic rings. The summed E-state index contributed by atoms with van der Waals surface area (Å²) in [4.78, 5) is 23.2. The third kappa shape index (κ3) is 3.63. The van der Waals surface area contributed by atoms with Crippen LogP contribution in [0.25, 0.3) is 11.0 Å². The average Bonchev–Trinajstić information content (AvgIpc) is 3.12. The SMILES string of the molecule is O=C(Cc1ccccc1Cl)N1CCC(Oc2cnc3ccccc3n2)C1. The molecule has 1 fully saturated rings. The van der Waals surface area contributed by atoms with Crippen LogP contribution in [0.2, 0.25) is 5.02 Å². The van der Waals surface area contributed by atoms with Crippen LogP contribution < -0.4 is 4.74 Å². The van der Waals surface area contributed by atoms with E-state index in [2.05, 4.69) is 9.97 Å². The highest BCUT2D eigenvalue weighted by molar-refractivity contribution is 6.31. The van der Waals surface area contributed by atoms with Gasteiger partial charge in [0.1, 0.15) is 6.10 Å². The van der Waals surface area contributed by atoms with Gasteiger partial charge in [-0.05, 0) is 23.8 Å². The van der Waals surface area contributed by atoms with Crippen molar-refractivity contribution in [2.24, 2.45) is 0 Å². The minimum atomic E-state index is -0.0688. The lowest BCUT2D eigenvalue weighted by Gasteiger charge is -2.17. The second-order valence-corrected chi connectivity index (χ2v) is 6.74. The molecule has 1 unspecified atom stereocenters. The molecule has 1 atom stereocenters. The summed E-state index contributed by atoms with van der Waals surface area (Å²) >= 11 is 6.15. The number of fused-ring (bicyclic) bond motifs is 1. The lowest BCUT2D eigenvalue weighted by atomic mass is 10.1. The van der Waals surface area contributed by atoms with Crippen LogP contribution in [0.1, 0.15) is 12.0 Å². The van der Waals surface area contributed by atoms with Gasteiger partial charge in [-0.1, -0.05) is 41.9 Å². The highest BCUT2D eigenvalue weighted by Gasteiger charge is 2.28. The summed E-state index contributed by atoms with van der Waals surface area (Å²) in [6, 6.07) is 15.1. The molecule has 1 amide bonds. The van der Waals surface area contributed by atoms with Crippen molar-refractivity contribution in [1.29, 1.82) is 0 Å². The minimum Gasteiger partial charge on any atom is -0.471 e. The number of likely N-dealkylation sites (tertiary alicyclic amines) is 1. The Bertz CT molecular complexity index is 947. The smallest absolute Gasteiger partial charge is 0.233 e. The normalized spacial score (nSPS) is 16.8. The Hall–Kier alpha value is -2.66. The van der Waals surface area contributed by atoms with Gasteiger partial charge in [0, 0.05) is 18.0 Å². The van der Waals surface area contributed by atoms with Gasteiger partial charge in [-0.3, -0.25) is 4.79 Å². The molecule has 1 aliphatic rings. The zero-order chi connectivity index (χ0) is 17.9. The molecule has 132 valence electrons. The van der Waals surface area contributed by atoms with Crippen molar-refractivity contribution >= 4 is 28.5 Å². The highest BCUT2D eigenvalue weighted by atomic mass is 35.5. The molecule has 1 aromatic heterocycles. The summed E-state index contributed by atoms with van der Waals surface area (Å²) in [5.41, 5.74) is 2.49. The highest BCUT2D eigenvalue weighted by Crippen LogP contribution is 2.21. The summed E-state index contributed by atoms with van der Waals surface area (Å²) in [6.07, 6.45) is 2.65. The van der Waals surface area contributed by atoms with Crippen molar-refractivity contribution in [3.8, 4) is 5.88 Å². The lowest BCUT2D eigenvalue weighted by Crippen LogP contribution is -2.32. The number of aromatic nitrogens is 2.